The summed E-state index contributed by atoms with van der Waals surface area (Å²) in [7, 11) is 1.61. The molecule has 0 heterocycles. The highest BCUT2D eigenvalue weighted by Crippen LogP contribution is 2.17. The smallest absolute Gasteiger partial charge is 0.170 e. The molecule has 0 radical (unpaired) electrons. The molecular formula is C17H20N2O3S. The van der Waals surface area contributed by atoms with Crippen LogP contribution in [0.3, 0.4) is 0 Å². The second-order valence-corrected chi connectivity index (χ2v) is 5.25. The normalized spacial score (nSPS) is 11.4. The number of anilines is 1. The Hall–Kier alpha value is -2.31. The molecule has 3 N–H and O–H groups in total. The third kappa shape index (κ3) is 6.14. The van der Waals surface area contributed by atoms with E-state index < -0.39 is 6.10 Å². The highest BCUT2D eigenvalue weighted by molar-refractivity contribution is 7.80. The van der Waals surface area contributed by atoms with Gasteiger partial charge in [0.05, 0.1) is 7.11 Å². The van der Waals surface area contributed by atoms with E-state index in [0.717, 1.165) is 11.4 Å². The minimum atomic E-state index is -0.673. The first-order valence-electron chi connectivity index (χ1n) is 7.22. The summed E-state index contributed by atoms with van der Waals surface area (Å²) in [6.45, 7) is 0.474. The van der Waals surface area contributed by atoms with Gasteiger partial charge in [-0.1, -0.05) is 18.2 Å². The fraction of sp³-hybridized carbons (Fsp3) is 0.235. The summed E-state index contributed by atoms with van der Waals surface area (Å²) in [6, 6.07) is 16.8. The van der Waals surface area contributed by atoms with Gasteiger partial charge in [0.15, 0.2) is 5.11 Å². The minimum Gasteiger partial charge on any atom is -0.497 e. The zero-order chi connectivity index (χ0) is 16.5. The lowest BCUT2D eigenvalue weighted by Crippen LogP contribution is -2.37. The first kappa shape index (κ1) is 17.1. The summed E-state index contributed by atoms with van der Waals surface area (Å²) < 4.78 is 10.6. The Labute approximate surface area is 141 Å². The average Bonchev–Trinajstić information content (AvgIpc) is 2.59. The Balaban J connectivity index is 1.68. The van der Waals surface area contributed by atoms with Crippen LogP contribution in [0.2, 0.25) is 0 Å². The molecule has 0 unspecified atom stereocenters. The summed E-state index contributed by atoms with van der Waals surface area (Å²) >= 11 is 5.17. The predicted octanol–water partition coefficient (Wildman–Crippen LogP) is 2.42. The SMILES string of the molecule is COc1ccc(OC[C@@H](O)CNC(=S)Nc2ccccc2)cc1. The number of aliphatic hydroxyl groups is 1. The van der Waals surface area contributed by atoms with Gasteiger partial charge in [0, 0.05) is 12.2 Å². The van der Waals surface area contributed by atoms with E-state index in [2.05, 4.69) is 10.6 Å². The Morgan fingerprint density at radius 1 is 1.09 bits per heavy atom. The topological polar surface area (TPSA) is 62.8 Å². The maximum Gasteiger partial charge on any atom is 0.170 e. The molecule has 23 heavy (non-hydrogen) atoms. The number of nitrogens with one attached hydrogen (secondary N) is 2. The molecular weight excluding hydrogens is 312 g/mol. The lowest BCUT2D eigenvalue weighted by molar-refractivity contribution is 0.110. The van der Waals surface area contributed by atoms with Crippen molar-refractivity contribution >= 4 is 23.0 Å². The van der Waals surface area contributed by atoms with Gasteiger partial charge in [-0.15, -0.1) is 0 Å². The standard InChI is InChI=1S/C17H20N2O3S/c1-21-15-7-9-16(10-8-15)22-12-14(20)11-18-17(23)19-13-5-3-2-4-6-13/h2-10,14,20H,11-12H2,1H3,(H2,18,19,23)/t14-/m0/s1. The fourth-order valence-electron chi connectivity index (χ4n) is 1.83. The van der Waals surface area contributed by atoms with Crippen LogP contribution in [0.4, 0.5) is 5.69 Å². The molecule has 0 aromatic heterocycles. The molecule has 0 aliphatic heterocycles. The van der Waals surface area contributed by atoms with E-state index in [9.17, 15) is 5.11 Å². The molecule has 0 saturated heterocycles. The molecule has 0 fully saturated rings. The number of aliphatic hydroxyl groups excluding tert-OH is 1. The molecule has 1 atom stereocenters. The largest absolute Gasteiger partial charge is 0.497 e. The number of benzene rings is 2. The van der Waals surface area contributed by atoms with E-state index in [0.29, 0.717) is 17.4 Å². The Bertz CT molecular complexity index is 605. The van der Waals surface area contributed by atoms with Gasteiger partial charge in [-0.2, -0.15) is 0 Å². The summed E-state index contributed by atoms with van der Waals surface area (Å²) in [5.74, 6) is 1.44. The van der Waals surface area contributed by atoms with Crippen LogP contribution in [-0.2, 0) is 0 Å². The molecule has 5 nitrogen and oxygen atoms in total. The molecule has 0 aliphatic carbocycles. The van der Waals surface area contributed by atoms with Crippen molar-refractivity contribution in [1.82, 2.24) is 5.32 Å². The van der Waals surface area contributed by atoms with Crippen LogP contribution in [0.25, 0.3) is 0 Å². The first-order valence-corrected chi connectivity index (χ1v) is 7.63. The second kappa shape index (κ2) is 8.97. The van der Waals surface area contributed by atoms with Gasteiger partial charge < -0.3 is 25.2 Å². The summed E-state index contributed by atoms with van der Waals surface area (Å²) in [5.41, 5.74) is 0.897. The van der Waals surface area contributed by atoms with Crippen molar-refractivity contribution in [3.63, 3.8) is 0 Å². The van der Waals surface area contributed by atoms with Gasteiger partial charge in [-0.25, -0.2) is 0 Å². The van der Waals surface area contributed by atoms with Crippen molar-refractivity contribution in [2.75, 3.05) is 25.6 Å². The van der Waals surface area contributed by atoms with Crippen molar-refractivity contribution in [3.05, 3.63) is 54.6 Å². The van der Waals surface area contributed by atoms with Crippen LogP contribution in [0, 0.1) is 0 Å². The van der Waals surface area contributed by atoms with E-state index in [-0.39, 0.29) is 6.61 Å². The third-order valence-corrected chi connectivity index (χ3v) is 3.28. The van der Waals surface area contributed by atoms with E-state index in [1.54, 1.807) is 31.4 Å². The minimum absolute atomic E-state index is 0.174. The molecule has 0 saturated carbocycles. The van der Waals surface area contributed by atoms with Gasteiger partial charge >= 0.3 is 0 Å². The fourth-order valence-corrected chi connectivity index (χ4v) is 2.03. The number of hydrogen-bond acceptors (Lipinski definition) is 4. The quantitative estimate of drug-likeness (QED) is 0.677. The average molecular weight is 332 g/mol. The van der Waals surface area contributed by atoms with E-state index in [1.165, 1.54) is 0 Å². The van der Waals surface area contributed by atoms with Crippen LogP contribution in [0.5, 0.6) is 11.5 Å². The lowest BCUT2D eigenvalue weighted by Gasteiger charge is -2.15. The van der Waals surface area contributed by atoms with E-state index >= 15 is 0 Å². The van der Waals surface area contributed by atoms with Crippen molar-refractivity contribution in [2.24, 2.45) is 0 Å². The summed E-state index contributed by atoms with van der Waals surface area (Å²) in [4.78, 5) is 0. The maximum absolute atomic E-state index is 9.93. The number of rotatable bonds is 7. The highest BCUT2D eigenvalue weighted by atomic mass is 32.1. The number of thiocarbonyl (C=S) groups is 1. The predicted molar refractivity (Wildman–Crippen MR) is 95.2 cm³/mol. The van der Waals surface area contributed by atoms with Gasteiger partial charge in [-0.05, 0) is 48.6 Å². The molecule has 0 bridgehead atoms. The Kier molecular flexibility index (Phi) is 6.65. The maximum atomic E-state index is 9.93. The number of para-hydroxylation sites is 1. The highest BCUT2D eigenvalue weighted by Gasteiger charge is 2.06. The van der Waals surface area contributed by atoms with Crippen LogP contribution < -0.4 is 20.1 Å². The Morgan fingerprint density at radius 2 is 1.74 bits per heavy atom. The summed E-state index contributed by atoms with van der Waals surface area (Å²) in [5, 5.41) is 16.4. The molecule has 2 rings (SSSR count). The van der Waals surface area contributed by atoms with Crippen LogP contribution in [0.15, 0.2) is 54.6 Å². The first-order chi connectivity index (χ1) is 11.2. The van der Waals surface area contributed by atoms with Crippen LogP contribution in [-0.4, -0.2) is 36.6 Å². The van der Waals surface area contributed by atoms with E-state index in [4.69, 9.17) is 21.7 Å². The molecule has 2 aromatic carbocycles. The van der Waals surface area contributed by atoms with Gasteiger partial charge in [0.2, 0.25) is 0 Å². The monoisotopic (exact) mass is 332 g/mol. The molecule has 0 amide bonds. The third-order valence-electron chi connectivity index (χ3n) is 3.03. The van der Waals surface area contributed by atoms with Crippen molar-refractivity contribution in [2.45, 2.75) is 6.10 Å². The zero-order valence-corrected chi connectivity index (χ0v) is 13.7. The number of hydrogen-bond donors (Lipinski definition) is 3. The van der Waals surface area contributed by atoms with Gasteiger partial charge in [0.25, 0.3) is 0 Å². The van der Waals surface area contributed by atoms with Crippen molar-refractivity contribution < 1.29 is 14.6 Å². The van der Waals surface area contributed by atoms with Crippen molar-refractivity contribution in [3.8, 4) is 11.5 Å². The van der Waals surface area contributed by atoms with Crippen LogP contribution in [0.1, 0.15) is 0 Å². The van der Waals surface area contributed by atoms with Gasteiger partial charge in [-0.3, -0.25) is 0 Å². The molecule has 0 spiro atoms. The Morgan fingerprint density at radius 3 is 2.39 bits per heavy atom. The molecule has 122 valence electrons. The number of ether oxygens (including phenoxy) is 2. The summed E-state index contributed by atoms with van der Waals surface area (Å²) in [6.07, 6.45) is -0.673. The number of methoxy groups -OCH3 is 1. The molecule has 6 heteroatoms. The second-order valence-electron chi connectivity index (χ2n) is 4.84. The van der Waals surface area contributed by atoms with Gasteiger partial charge in [0.1, 0.15) is 24.2 Å². The molecule has 0 aliphatic rings. The zero-order valence-electron chi connectivity index (χ0n) is 12.9. The molecule has 2 aromatic rings. The van der Waals surface area contributed by atoms with Crippen molar-refractivity contribution in [1.29, 1.82) is 0 Å². The lowest BCUT2D eigenvalue weighted by atomic mass is 10.3. The van der Waals surface area contributed by atoms with Crippen LogP contribution >= 0.6 is 12.2 Å². The van der Waals surface area contributed by atoms with E-state index in [1.807, 2.05) is 30.3 Å².